The molecule has 0 radical (unpaired) electrons. The molecule has 110 valence electrons. The Labute approximate surface area is 133 Å². The Kier molecular flexibility index (Phi) is 4.55. The first-order valence-electron chi connectivity index (χ1n) is 6.44. The van der Waals surface area contributed by atoms with Crippen molar-refractivity contribution in [2.75, 3.05) is 6.54 Å². The van der Waals surface area contributed by atoms with E-state index in [0.717, 1.165) is 18.4 Å². The molecule has 0 spiro atoms. The molecule has 3 nitrogen and oxygen atoms in total. The van der Waals surface area contributed by atoms with E-state index in [1.165, 1.54) is 0 Å². The standard InChI is InChI=1S/C14H17Cl3N2O/c1-13(12(18)20,9-3-2-4-11(15)7-9)19-6-5-10-8-14(10,16)17/h2-4,7,10,19H,5-6,8H2,1H3,(H2,18,20). The average Bonchev–Trinajstić information content (AvgIpc) is 2.96. The predicted octanol–water partition coefficient (Wildman–Crippen LogP) is 3.21. The molecule has 20 heavy (non-hydrogen) atoms. The smallest absolute Gasteiger partial charge is 0.242 e. The van der Waals surface area contributed by atoms with Crippen LogP contribution in [-0.2, 0) is 10.3 Å². The Morgan fingerprint density at radius 3 is 2.70 bits per heavy atom. The van der Waals surface area contributed by atoms with Crippen LogP contribution in [0.1, 0.15) is 25.3 Å². The maximum Gasteiger partial charge on any atom is 0.242 e. The van der Waals surface area contributed by atoms with Crippen LogP contribution >= 0.6 is 34.8 Å². The Morgan fingerprint density at radius 2 is 2.20 bits per heavy atom. The molecule has 2 unspecified atom stereocenters. The van der Waals surface area contributed by atoms with Crippen molar-refractivity contribution < 1.29 is 4.79 Å². The monoisotopic (exact) mass is 334 g/mol. The lowest BCUT2D eigenvalue weighted by molar-refractivity contribution is -0.124. The summed E-state index contributed by atoms with van der Waals surface area (Å²) in [5, 5.41) is 3.77. The molecular formula is C14H17Cl3N2O. The second kappa shape index (κ2) is 5.72. The maximum atomic E-state index is 11.8. The fraction of sp³-hybridized carbons (Fsp3) is 0.500. The maximum absolute atomic E-state index is 11.8. The summed E-state index contributed by atoms with van der Waals surface area (Å²) in [6, 6.07) is 7.12. The van der Waals surface area contributed by atoms with E-state index in [9.17, 15) is 4.79 Å². The van der Waals surface area contributed by atoms with Crippen molar-refractivity contribution in [3.63, 3.8) is 0 Å². The summed E-state index contributed by atoms with van der Waals surface area (Å²) >= 11 is 17.9. The van der Waals surface area contributed by atoms with E-state index in [4.69, 9.17) is 40.5 Å². The number of rotatable bonds is 6. The van der Waals surface area contributed by atoms with Gasteiger partial charge in [-0.2, -0.15) is 0 Å². The highest BCUT2D eigenvalue weighted by Crippen LogP contribution is 2.54. The van der Waals surface area contributed by atoms with Gasteiger partial charge in [0.05, 0.1) is 0 Å². The third-order valence-electron chi connectivity index (χ3n) is 3.82. The van der Waals surface area contributed by atoms with Gasteiger partial charge in [-0.1, -0.05) is 23.7 Å². The summed E-state index contributed by atoms with van der Waals surface area (Å²) in [5.41, 5.74) is 5.33. The number of hydrogen-bond acceptors (Lipinski definition) is 2. The number of hydrogen-bond donors (Lipinski definition) is 2. The fourth-order valence-electron chi connectivity index (χ4n) is 2.21. The zero-order valence-electron chi connectivity index (χ0n) is 11.1. The van der Waals surface area contributed by atoms with E-state index in [1.807, 2.05) is 6.07 Å². The SMILES string of the molecule is CC(NCCC1CC1(Cl)Cl)(C(N)=O)c1cccc(Cl)c1. The molecule has 1 fully saturated rings. The first-order valence-corrected chi connectivity index (χ1v) is 7.58. The van der Waals surface area contributed by atoms with Crippen LogP contribution in [0.4, 0.5) is 0 Å². The number of nitrogens with one attached hydrogen (secondary N) is 1. The summed E-state index contributed by atoms with van der Waals surface area (Å²) in [6.07, 6.45) is 1.60. The molecule has 3 N–H and O–H groups in total. The molecule has 1 aromatic rings. The number of amides is 1. The van der Waals surface area contributed by atoms with Crippen molar-refractivity contribution in [3.8, 4) is 0 Å². The lowest BCUT2D eigenvalue weighted by Gasteiger charge is -2.28. The Morgan fingerprint density at radius 1 is 1.55 bits per heavy atom. The largest absolute Gasteiger partial charge is 0.368 e. The average molecular weight is 336 g/mol. The third kappa shape index (κ3) is 3.40. The van der Waals surface area contributed by atoms with Gasteiger partial charge >= 0.3 is 0 Å². The Bertz CT molecular complexity index is 521. The van der Waals surface area contributed by atoms with Gasteiger partial charge in [0.15, 0.2) is 0 Å². The molecule has 1 aliphatic carbocycles. The van der Waals surface area contributed by atoms with Gasteiger partial charge in [-0.25, -0.2) is 0 Å². The van der Waals surface area contributed by atoms with E-state index >= 15 is 0 Å². The summed E-state index contributed by atoms with van der Waals surface area (Å²) in [7, 11) is 0. The minimum absolute atomic E-state index is 0.273. The summed E-state index contributed by atoms with van der Waals surface area (Å²) in [5.74, 6) is -0.173. The van der Waals surface area contributed by atoms with Crippen molar-refractivity contribution in [1.29, 1.82) is 0 Å². The van der Waals surface area contributed by atoms with Gasteiger partial charge in [-0.15, -0.1) is 23.2 Å². The molecular weight excluding hydrogens is 319 g/mol. The quantitative estimate of drug-likeness (QED) is 0.784. The third-order valence-corrected chi connectivity index (χ3v) is 4.98. The van der Waals surface area contributed by atoms with Gasteiger partial charge in [0.1, 0.15) is 9.87 Å². The van der Waals surface area contributed by atoms with Crippen LogP contribution in [0.25, 0.3) is 0 Å². The number of alkyl halides is 2. The first-order chi connectivity index (χ1) is 9.25. The molecule has 0 saturated heterocycles. The van der Waals surface area contributed by atoms with Crippen molar-refractivity contribution >= 4 is 40.7 Å². The molecule has 2 atom stereocenters. The van der Waals surface area contributed by atoms with Gasteiger partial charge in [-0.05, 0) is 49.9 Å². The molecule has 1 saturated carbocycles. The van der Waals surface area contributed by atoms with Crippen LogP contribution < -0.4 is 11.1 Å². The van der Waals surface area contributed by atoms with Gasteiger partial charge in [0.25, 0.3) is 0 Å². The number of nitrogens with two attached hydrogens (primary N) is 1. The van der Waals surface area contributed by atoms with Gasteiger partial charge in [-0.3, -0.25) is 10.1 Å². The molecule has 1 aliphatic rings. The summed E-state index contributed by atoms with van der Waals surface area (Å²) < 4.78 is -0.596. The molecule has 0 aliphatic heterocycles. The van der Waals surface area contributed by atoms with Crippen LogP contribution in [0.2, 0.25) is 5.02 Å². The highest BCUT2D eigenvalue weighted by Gasteiger charge is 2.51. The zero-order chi connectivity index (χ0) is 15.0. The van der Waals surface area contributed by atoms with Crippen molar-refractivity contribution in [1.82, 2.24) is 5.32 Å². The fourth-order valence-corrected chi connectivity index (χ4v) is 2.99. The highest BCUT2D eigenvalue weighted by atomic mass is 35.5. The van der Waals surface area contributed by atoms with Gasteiger partial charge in [0, 0.05) is 5.02 Å². The van der Waals surface area contributed by atoms with Crippen LogP contribution in [-0.4, -0.2) is 16.8 Å². The zero-order valence-corrected chi connectivity index (χ0v) is 13.4. The Balaban J connectivity index is 2.04. The number of carbonyl (C=O) groups excluding carboxylic acids is 1. The second-order valence-corrected chi connectivity index (χ2v) is 7.36. The minimum atomic E-state index is -0.957. The predicted molar refractivity (Wildman–Crippen MR) is 83.2 cm³/mol. The minimum Gasteiger partial charge on any atom is -0.368 e. The van der Waals surface area contributed by atoms with Crippen LogP contribution in [0.3, 0.4) is 0 Å². The molecule has 0 aromatic heterocycles. The molecule has 6 heteroatoms. The van der Waals surface area contributed by atoms with E-state index in [2.05, 4.69) is 5.32 Å². The van der Waals surface area contributed by atoms with Crippen molar-refractivity contribution in [2.45, 2.75) is 29.6 Å². The van der Waals surface area contributed by atoms with E-state index in [-0.39, 0.29) is 5.92 Å². The number of halogens is 3. The molecule has 1 aromatic carbocycles. The lowest BCUT2D eigenvalue weighted by atomic mass is 9.91. The molecule has 0 bridgehead atoms. The topological polar surface area (TPSA) is 55.1 Å². The number of primary amides is 1. The molecule has 2 rings (SSSR count). The van der Waals surface area contributed by atoms with E-state index < -0.39 is 15.8 Å². The molecule has 0 heterocycles. The van der Waals surface area contributed by atoms with Crippen LogP contribution in [0.5, 0.6) is 0 Å². The van der Waals surface area contributed by atoms with Gasteiger partial charge in [0.2, 0.25) is 5.91 Å². The van der Waals surface area contributed by atoms with Crippen molar-refractivity contribution in [3.05, 3.63) is 34.9 Å². The molecule has 1 amide bonds. The summed E-state index contributed by atoms with van der Waals surface area (Å²) in [4.78, 5) is 11.8. The lowest BCUT2D eigenvalue weighted by Crippen LogP contribution is -2.50. The second-order valence-electron chi connectivity index (χ2n) is 5.38. The number of carbonyl (C=O) groups is 1. The Hall–Kier alpha value is -0.480. The van der Waals surface area contributed by atoms with Gasteiger partial charge < -0.3 is 5.73 Å². The van der Waals surface area contributed by atoms with E-state index in [0.29, 0.717) is 11.6 Å². The van der Waals surface area contributed by atoms with Crippen LogP contribution in [0.15, 0.2) is 24.3 Å². The highest BCUT2D eigenvalue weighted by molar-refractivity contribution is 6.50. The summed E-state index contributed by atoms with van der Waals surface area (Å²) in [6.45, 7) is 2.36. The first kappa shape index (κ1) is 15.9. The number of benzene rings is 1. The van der Waals surface area contributed by atoms with E-state index in [1.54, 1.807) is 25.1 Å². The normalized spacial score (nSPS) is 23.1. The van der Waals surface area contributed by atoms with Crippen LogP contribution in [0, 0.1) is 5.92 Å². The van der Waals surface area contributed by atoms with Crippen molar-refractivity contribution in [2.24, 2.45) is 11.7 Å².